The number of amides is 1. The molecule has 0 fully saturated rings. The minimum Gasteiger partial charge on any atom is -0.449 e. The number of hydrogen-bond donors (Lipinski definition) is 1. The van der Waals surface area contributed by atoms with Crippen LogP contribution in [0.25, 0.3) is 22.2 Å². The van der Waals surface area contributed by atoms with Gasteiger partial charge in [0.1, 0.15) is 0 Å². The molecule has 160 valence electrons. The molecule has 4 aromatic rings. The zero-order valence-corrected chi connectivity index (χ0v) is 17.9. The number of fused-ring (bicyclic) bond motifs is 1. The van der Waals surface area contributed by atoms with Crippen molar-refractivity contribution in [2.24, 2.45) is 0 Å². The number of carbonyl (C=O) groups excluding carboxylic acids is 2. The van der Waals surface area contributed by atoms with Gasteiger partial charge in [-0.2, -0.15) is 0 Å². The fraction of sp³-hybridized carbons (Fsp3) is 0.154. The molecule has 0 saturated heterocycles. The average molecular weight is 425 g/mol. The highest BCUT2D eigenvalue weighted by Gasteiger charge is 2.23. The van der Waals surface area contributed by atoms with E-state index in [4.69, 9.17) is 4.74 Å². The maximum absolute atomic E-state index is 13.1. The summed E-state index contributed by atoms with van der Waals surface area (Å²) >= 11 is 0. The first-order valence-corrected chi connectivity index (χ1v) is 10.4. The Hall–Kier alpha value is -4.06. The Bertz CT molecular complexity index is 1240. The number of aromatic nitrogens is 2. The van der Waals surface area contributed by atoms with Crippen molar-refractivity contribution >= 4 is 22.8 Å². The molecule has 4 rings (SSSR count). The van der Waals surface area contributed by atoms with Gasteiger partial charge < -0.3 is 10.1 Å². The highest BCUT2D eigenvalue weighted by molar-refractivity contribution is 6.05. The third-order valence-electron chi connectivity index (χ3n) is 5.22. The van der Waals surface area contributed by atoms with Crippen molar-refractivity contribution in [2.75, 3.05) is 0 Å². The molecule has 2 heterocycles. The Labute approximate surface area is 186 Å². The van der Waals surface area contributed by atoms with Crippen LogP contribution in [0.1, 0.15) is 35.8 Å². The standard InChI is InChI=1S/C26H23N3O3/c1-17(19-8-4-3-5-9-19)28-25(30)18(2)32-26(31)22-16-24(20-12-14-27-15-13-20)29-23-11-7-6-10-21(22)23/h3-18H,1-2H3,(H,28,30)/t17-,18+/m1/s1. The molecule has 32 heavy (non-hydrogen) atoms. The van der Waals surface area contributed by atoms with Crippen LogP contribution in [0.2, 0.25) is 0 Å². The number of nitrogens with zero attached hydrogens (tertiary/aromatic N) is 2. The van der Waals surface area contributed by atoms with E-state index < -0.39 is 12.1 Å². The largest absolute Gasteiger partial charge is 0.449 e. The predicted octanol–water partition coefficient (Wildman–Crippen LogP) is 4.72. The maximum atomic E-state index is 13.1. The zero-order chi connectivity index (χ0) is 22.5. The van der Waals surface area contributed by atoms with E-state index >= 15 is 0 Å². The Morgan fingerprint density at radius 3 is 2.34 bits per heavy atom. The fourth-order valence-corrected chi connectivity index (χ4v) is 3.45. The van der Waals surface area contributed by atoms with E-state index in [0.29, 0.717) is 22.2 Å². The second-order valence-electron chi connectivity index (χ2n) is 7.50. The van der Waals surface area contributed by atoms with Crippen molar-refractivity contribution < 1.29 is 14.3 Å². The summed E-state index contributed by atoms with van der Waals surface area (Å²) in [5.41, 5.74) is 3.47. The third-order valence-corrected chi connectivity index (χ3v) is 5.22. The molecule has 2 aromatic carbocycles. The van der Waals surface area contributed by atoms with Crippen LogP contribution in [0.15, 0.2) is 85.2 Å². The molecule has 2 aromatic heterocycles. The molecular weight excluding hydrogens is 402 g/mol. The summed E-state index contributed by atoms with van der Waals surface area (Å²) in [5.74, 6) is -0.934. The molecule has 0 saturated carbocycles. The number of rotatable bonds is 6. The lowest BCUT2D eigenvalue weighted by Crippen LogP contribution is -2.37. The van der Waals surface area contributed by atoms with Gasteiger partial charge in [-0.1, -0.05) is 48.5 Å². The minimum absolute atomic E-state index is 0.204. The Morgan fingerprint density at radius 2 is 1.59 bits per heavy atom. The minimum atomic E-state index is -0.954. The van der Waals surface area contributed by atoms with Crippen molar-refractivity contribution in [3.8, 4) is 11.3 Å². The zero-order valence-electron chi connectivity index (χ0n) is 17.9. The molecule has 0 spiro atoms. The topological polar surface area (TPSA) is 81.2 Å². The van der Waals surface area contributed by atoms with Crippen LogP contribution in [0.3, 0.4) is 0 Å². The van der Waals surface area contributed by atoms with E-state index in [9.17, 15) is 9.59 Å². The summed E-state index contributed by atoms with van der Waals surface area (Å²) in [7, 11) is 0. The molecule has 0 bridgehead atoms. The van der Waals surface area contributed by atoms with Crippen LogP contribution < -0.4 is 5.32 Å². The number of nitrogens with one attached hydrogen (secondary N) is 1. The molecular formula is C26H23N3O3. The number of carbonyl (C=O) groups is 2. The summed E-state index contributed by atoms with van der Waals surface area (Å²) in [4.78, 5) is 34.4. The summed E-state index contributed by atoms with van der Waals surface area (Å²) in [5, 5.41) is 3.56. The second-order valence-corrected chi connectivity index (χ2v) is 7.50. The van der Waals surface area contributed by atoms with Crippen LogP contribution in [-0.4, -0.2) is 27.9 Å². The van der Waals surface area contributed by atoms with Crippen LogP contribution in [0.5, 0.6) is 0 Å². The fourth-order valence-electron chi connectivity index (χ4n) is 3.45. The first-order chi connectivity index (χ1) is 15.5. The number of esters is 1. The first-order valence-electron chi connectivity index (χ1n) is 10.4. The van der Waals surface area contributed by atoms with Gasteiger partial charge in [0.05, 0.1) is 22.8 Å². The summed E-state index contributed by atoms with van der Waals surface area (Å²) in [6.45, 7) is 3.46. The first kappa shape index (κ1) is 21.2. The lowest BCUT2D eigenvalue weighted by atomic mass is 10.0. The van der Waals surface area contributed by atoms with Crippen molar-refractivity contribution in [1.29, 1.82) is 0 Å². The number of benzene rings is 2. The Balaban J connectivity index is 1.56. The van der Waals surface area contributed by atoms with E-state index in [2.05, 4.69) is 15.3 Å². The van der Waals surface area contributed by atoms with Gasteiger partial charge in [-0.3, -0.25) is 9.78 Å². The number of pyridine rings is 2. The van der Waals surface area contributed by atoms with Gasteiger partial charge in [-0.25, -0.2) is 9.78 Å². The summed E-state index contributed by atoms with van der Waals surface area (Å²) < 4.78 is 5.54. The van der Waals surface area contributed by atoms with Crippen LogP contribution >= 0.6 is 0 Å². The second kappa shape index (κ2) is 9.39. The monoisotopic (exact) mass is 425 g/mol. The van der Waals surface area contributed by atoms with Crippen molar-refractivity contribution in [3.63, 3.8) is 0 Å². The number of para-hydroxylation sites is 1. The van der Waals surface area contributed by atoms with Gasteiger partial charge in [0.2, 0.25) is 0 Å². The smallest absolute Gasteiger partial charge is 0.339 e. The predicted molar refractivity (Wildman–Crippen MR) is 123 cm³/mol. The molecule has 1 amide bonds. The van der Waals surface area contributed by atoms with Gasteiger partial charge in [-0.15, -0.1) is 0 Å². The lowest BCUT2D eigenvalue weighted by Gasteiger charge is -2.19. The normalized spacial score (nSPS) is 12.7. The molecule has 0 aliphatic carbocycles. The van der Waals surface area contributed by atoms with Gasteiger partial charge in [0.15, 0.2) is 6.10 Å². The highest BCUT2D eigenvalue weighted by atomic mass is 16.5. The third kappa shape index (κ3) is 4.64. The maximum Gasteiger partial charge on any atom is 0.339 e. The molecule has 0 aliphatic heterocycles. The van der Waals surface area contributed by atoms with E-state index in [0.717, 1.165) is 11.1 Å². The number of ether oxygens (including phenoxy) is 1. The lowest BCUT2D eigenvalue weighted by molar-refractivity contribution is -0.129. The molecule has 0 aliphatic rings. The highest BCUT2D eigenvalue weighted by Crippen LogP contribution is 2.25. The van der Waals surface area contributed by atoms with E-state index in [-0.39, 0.29) is 11.9 Å². The van der Waals surface area contributed by atoms with E-state index in [1.807, 2.05) is 73.7 Å². The molecule has 0 radical (unpaired) electrons. The molecule has 1 N–H and O–H groups in total. The van der Waals surface area contributed by atoms with Crippen molar-refractivity contribution in [2.45, 2.75) is 26.0 Å². The molecule has 0 unspecified atom stereocenters. The van der Waals surface area contributed by atoms with Crippen molar-refractivity contribution in [3.05, 3.63) is 96.3 Å². The van der Waals surface area contributed by atoms with Crippen LogP contribution in [0, 0.1) is 0 Å². The summed E-state index contributed by atoms with van der Waals surface area (Å²) in [6, 6.07) is 22.1. The SMILES string of the molecule is C[C@H](OC(=O)c1cc(-c2ccncc2)nc2ccccc12)C(=O)N[C@H](C)c1ccccc1. The van der Waals surface area contributed by atoms with E-state index in [1.54, 1.807) is 25.4 Å². The van der Waals surface area contributed by atoms with Gasteiger partial charge in [0, 0.05) is 23.3 Å². The van der Waals surface area contributed by atoms with Gasteiger partial charge in [-0.05, 0) is 43.7 Å². The van der Waals surface area contributed by atoms with Crippen LogP contribution in [-0.2, 0) is 9.53 Å². The summed E-state index contributed by atoms with van der Waals surface area (Å²) in [6.07, 6.45) is 2.39. The Kier molecular flexibility index (Phi) is 6.22. The molecule has 6 nitrogen and oxygen atoms in total. The van der Waals surface area contributed by atoms with Gasteiger partial charge >= 0.3 is 5.97 Å². The van der Waals surface area contributed by atoms with E-state index in [1.165, 1.54) is 0 Å². The molecule has 6 heteroatoms. The quantitative estimate of drug-likeness (QED) is 0.452. The molecule has 2 atom stereocenters. The average Bonchev–Trinajstić information content (AvgIpc) is 2.84. The number of hydrogen-bond acceptors (Lipinski definition) is 5. The Morgan fingerprint density at radius 1 is 0.906 bits per heavy atom. The van der Waals surface area contributed by atoms with Crippen molar-refractivity contribution in [1.82, 2.24) is 15.3 Å². The van der Waals surface area contributed by atoms with Gasteiger partial charge in [0.25, 0.3) is 5.91 Å². The van der Waals surface area contributed by atoms with Crippen LogP contribution in [0.4, 0.5) is 0 Å².